The van der Waals surface area contributed by atoms with E-state index < -0.39 is 51.4 Å². The number of carbonyl (C=O) groups excluding carboxylic acids is 1. The van der Waals surface area contributed by atoms with Gasteiger partial charge in [0.2, 0.25) is 5.78 Å². The number of H-pyrrole nitrogens is 1. The predicted molar refractivity (Wildman–Crippen MR) is 135 cm³/mol. The fraction of sp³-hybridized carbons (Fsp3) is 0.0833. The number of ketones is 1. The van der Waals surface area contributed by atoms with Crippen molar-refractivity contribution in [3.05, 3.63) is 89.1 Å². The van der Waals surface area contributed by atoms with E-state index in [0.717, 1.165) is 24.3 Å². The molecule has 4 aromatic rings. The Morgan fingerprint density at radius 3 is 2.49 bits per heavy atom. The molecule has 1 unspecified atom stereocenters. The molecule has 202 valence electrons. The van der Waals surface area contributed by atoms with Crippen molar-refractivity contribution in [2.75, 3.05) is 17.1 Å². The number of carbonyl (C=O) groups is 1. The first-order valence-corrected chi connectivity index (χ1v) is 12.0. The minimum Gasteiger partial charge on any atom is -0.403 e. The van der Waals surface area contributed by atoms with Crippen molar-refractivity contribution in [3.8, 4) is 0 Å². The van der Waals surface area contributed by atoms with Crippen molar-refractivity contribution in [2.24, 2.45) is 10.7 Å². The van der Waals surface area contributed by atoms with Crippen molar-refractivity contribution in [3.63, 3.8) is 0 Å². The van der Waals surface area contributed by atoms with Crippen molar-refractivity contribution < 1.29 is 31.0 Å². The third-order valence-corrected chi connectivity index (χ3v) is 6.45. The number of fused-ring (bicyclic) bond motifs is 1. The van der Waals surface area contributed by atoms with E-state index >= 15 is 4.39 Å². The van der Waals surface area contributed by atoms with Crippen LogP contribution in [0.5, 0.6) is 0 Å². The van der Waals surface area contributed by atoms with Crippen LogP contribution in [-0.4, -0.2) is 38.2 Å². The smallest absolute Gasteiger partial charge is 0.403 e. The maximum Gasteiger partial charge on any atom is 0.416 e. The molecule has 0 amide bonds. The Balaban J connectivity index is 1.69. The minimum absolute atomic E-state index is 0.0969. The van der Waals surface area contributed by atoms with Gasteiger partial charge in [0.25, 0.3) is 0 Å². The predicted octanol–water partition coefficient (Wildman–Crippen LogP) is 4.53. The van der Waals surface area contributed by atoms with Gasteiger partial charge < -0.3 is 16.0 Å². The fourth-order valence-corrected chi connectivity index (χ4v) is 4.39. The molecule has 4 rings (SSSR count). The van der Waals surface area contributed by atoms with E-state index in [-0.39, 0.29) is 27.3 Å². The third-order valence-electron chi connectivity index (χ3n) is 5.34. The van der Waals surface area contributed by atoms with Crippen LogP contribution in [0.1, 0.15) is 21.5 Å². The first-order chi connectivity index (χ1) is 18.5. The Hall–Kier alpha value is -4.66. The summed E-state index contributed by atoms with van der Waals surface area (Å²) in [5.41, 5.74) is 3.43. The Kier molecular flexibility index (Phi) is 7.71. The van der Waals surface area contributed by atoms with Crippen LogP contribution in [-0.2, 0) is 17.2 Å². The van der Waals surface area contributed by atoms with Crippen LogP contribution in [0.4, 0.5) is 33.5 Å². The Labute approximate surface area is 219 Å². The van der Waals surface area contributed by atoms with Gasteiger partial charge in [-0.25, -0.2) is 23.0 Å². The second-order valence-corrected chi connectivity index (χ2v) is 9.00. The lowest BCUT2D eigenvalue weighted by Crippen LogP contribution is -2.13. The van der Waals surface area contributed by atoms with E-state index in [2.05, 4.69) is 30.0 Å². The molecule has 2 aromatic carbocycles. The topological polar surface area (TPSA) is 138 Å². The second-order valence-electron chi connectivity index (χ2n) is 7.79. The van der Waals surface area contributed by atoms with Gasteiger partial charge in [0.15, 0.2) is 5.82 Å². The van der Waals surface area contributed by atoms with Crippen molar-refractivity contribution in [1.82, 2.24) is 15.0 Å². The molecule has 2 heterocycles. The maximum atomic E-state index is 15.4. The molecule has 9 nitrogen and oxygen atoms in total. The Morgan fingerprint density at radius 2 is 1.85 bits per heavy atom. The van der Waals surface area contributed by atoms with Crippen LogP contribution in [0, 0.1) is 11.6 Å². The van der Waals surface area contributed by atoms with Gasteiger partial charge in [-0.2, -0.15) is 13.2 Å². The molecule has 0 saturated heterocycles. The number of nitrogens with zero attached hydrogens (tertiary/aromatic N) is 3. The van der Waals surface area contributed by atoms with Crippen molar-refractivity contribution >= 4 is 45.5 Å². The number of hydrogen-bond donors (Lipinski definition) is 4. The number of halogens is 5. The average molecular weight is 564 g/mol. The van der Waals surface area contributed by atoms with Crippen LogP contribution in [0.15, 0.2) is 70.7 Å². The summed E-state index contributed by atoms with van der Waals surface area (Å²) in [7, 11) is -0.735. The van der Waals surface area contributed by atoms with Crippen LogP contribution < -0.4 is 15.8 Å². The molecule has 39 heavy (non-hydrogen) atoms. The summed E-state index contributed by atoms with van der Waals surface area (Å²) in [6.45, 7) is 0. The Bertz CT molecular complexity index is 1630. The number of nitrogens with two attached hydrogens (primary N) is 1. The van der Waals surface area contributed by atoms with Crippen molar-refractivity contribution in [2.45, 2.75) is 11.1 Å². The number of nitrogens with one attached hydrogen (secondary N) is 3. The van der Waals surface area contributed by atoms with Gasteiger partial charge in [-0.15, -0.1) is 0 Å². The molecule has 0 spiro atoms. The summed E-state index contributed by atoms with van der Waals surface area (Å²) in [4.78, 5) is 27.9. The largest absolute Gasteiger partial charge is 0.416 e. The molecule has 15 heteroatoms. The number of alkyl halides is 3. The molecule has 0 bridgehead atoms. The van der Waals surface area contributed by atoms with Crippen LogP contribution in [0.3, 0.4) is 0 Å². The van der Waals surface area contributed by atoms with Gasteiger partial charge in [0.1, 0.15) is 34.6 Å². The summed E-state index contributed by atoms with van der Waals surface area (Å²) in [6, 6.07) is 5.04. The molecule has 0 radical (unpaired) electrons. The quantitative estimate of drug-likeness (QED) is 0.141. The molecule has 0 aliphatic carbocycles. The van der Waals surface area contributed by atoms with Crippen molar-refractivity contribution in [1.29, 1.82) is 0 Å². The van der Waals surface area contributed by atoms with E-state index in [0.29, 0.717) is 17.8 Å². The molecule has 0 aliphatic rings. The molecule has 0 saturated carbocycles. The molecular formula is C24H18F5N7O2S. The highest BCUT2D eigenvalue weighted by molar-refractivity contribution is 7.86. The number of aliphatic imine (C=N–C) groups is 1. The normalized spacial score (nSPS) is 13.1. The number of aromatic nitrogens is 3. The van der Waals surface area contributed by atoms with Gasteiger partial charge in [0, 0.05) is 25.7 Å². The summed E-state index contributed by atoms with van der Waals surface area (Å²) in [5, 5.41) is 2.96. The number of allylic oxidation sites excluding steroid dienone is 1. The van der Waals surface area contributed by atoms with E-state index in [1.165, 1.54) is 32.0 Å². The highest BCUT2D eigenvalue weighted by atomic mass is 32.2. The zero-order valence-corrected chi connectivity index (χ0v) is 20.6. The number of benzene rings is 2. The fourth-order valence-electron chi connectivity index (χ4n) is 3.53. The molecule has 0 fully saturated rings. The number of rotatable bonds is 8. The zero-order valence-electron chi connectivity index (χ0n) is 19.8. The minimum atomic E-state index is -4.60. The maximum absolute atomic E-state index is 15.4. The van der Waals surface area contributed by atoms with Gasteiger partial charge in [0.05, 0.1) is 38.4 Å². The molecule has 5 N–H and O–H groups in total. The number of aromatic amines is 1. The first-order valence-electron chi connectivity index (χ1n) is 10.9. The standard InChI is InChI=1S/C24H18F5N7O2S/c1-31-9-13(8-30)35-23-18-15(10-32-22(18)33-11-34-23)21(37)19-16(25)6-7-17(20(19)26)36-39(38)14-4-2-12(3-5-14)24(27,28)29/h2-11,36H,30H2,1H3,(H2,32,33,34,35). The van der Waals surface area contributed by atoms with Gasteiger partial charge in [-0.1, -0.05) is 0 Å². The highest BCUT2D eigenvalue weighted by Crippen LogP contribution is 2.32. The summed E-state index contributed by atoms with van der Waals surface area (Å²) < 4.78 is 83.5. The van der Waals surface area contributed by atoms with Crippen LogP contribution >= 0.6 is 0 Å². The first kappa shape index (κ1) is 27.4. The highest BCUT2D eigenvalue weighted by Gasteiger charge is 2.30. The molecule has 2 aromatic heterocycles. The summed E-state index contributed by atoms with van der Waals surface area (Å²) in [5.74, 6) is -3.55. The third kappa shape index (κ3) is 5.62. The lowest BCUT2D eigenvalue weighted by Gasteiger charge is -2.12. The van der Waals surface area contributed by atoms with E-state index in [1.807, 2.05) is 0 Å². The molecule has 0 aliphatic heterocycles. The van der Waals surface area contributed by atoms with E-state index in [9.17, 15) is 26.6 Å². The van der Waals surface area contributed by atoms with E-state index in [1.54, 1.807) is 0 Å². The summed E-state index contributed by atoms with van der Waals surface area (Å²) >= 11 is 0. The zero-order chi connectivity index (χ0) is 28.3. The van der Waals surface area contributed by atoms with Crippen LogP contribution in [0.2, 0.25) is 0 Å². The Morgan fingerprint density at radius 1 is 1.13 bits per heavy atom. The number of hydrogen-bond acceptors (Lipinski definition) is 7. The monoisotopic (exact) mass is 563 g/mol. The average Bonchev–Trinajstić information content (AvgIpc) is 3.35. The van der Waals surface area contributed by atoms with Gasteiger partial charge >= 0.3 is 6.18 Å². The SMILES string of the molecule is CN=CC(=CN)Nc1ncnc2[nH]cc(C(=O)c3c(F)ccc(NS(=O)c4ccc(C(F)(F)F)cc4)c3F)c12. The lowest BCUT2D eigenvalue weighted by molar-refractivity contribution is -0.137. The van der Waals surface area contributed by atoms with Crippen LogP contribution in [0.25, 0.3) is 11.0 Å². The lowest BCUT2D eigenvalue weighted by atomic mass is 10.0. The van der Waals surface area contributed by atoms with E-state index in [4.69, 9.17) is 5.73 Å². The second kappa shape index (κ2) is 11.0. The van der Waals surface area contributed by atoms with Gasteiger partial charge in [-0.3, -0.25) is 14.5 Å². The summed E-state index contributed by atoms with van der Waals surface area (Å²) in [6.07, 6.45) is 0.370. The molecular weight excluding hydrogens is 545 g/mol. The molecule has 1 atom stereocenters. The van der Waals surface area contributed by atoms with Gasteiger partial charge in [-0.05, 0) is 36.4 Å². The number of anilines is 2.